The lowest BCUT2D eigenvalue weighted by Crippen LogP contribution is -1.99. The van der Waals surface area contributed by atoms with E-state index < -0.39 is 0 Å². The van der Waals surface area contributed by atoms with Crippen molar-refractivity contribution < 1.29 is 0 Å². The number of aryl methyl sites for hydroxylation is 1. The van der Waals surface area contributed by atoms with Crippen LogP contribution in [-0.4, -0.2) is 20.0 Å². The number of pyridine rings is 1. The van der Waals surface area contributed by atoms with E-state index >= 15 is 0 Å². The molecule has 3 aromatic rings. The highest BCUT2D eigenvalue weighted by Gasteiger charge is 2.07. The molecule has 0 saturated heterocycles. The Morgan fingerprint density at radius 1 is 1.11 bits per heavy atom. The van der Waals surface area contributed by atoms with Crippen molar-refractivity contribution in [3.05, 3.63) is 54.5 Å². The van der Waals surface area contributed by atoms with E-state index in [-0.39, 0.29) is 0 Å². The highest BCUT2D eigenvalue weighted by atomic mass is 15.4. The summed E-state index contributed by atoms with van der Waals surface area (Å²) in [5, 5.41) is 8.33. The normalized spacial score (nSPS) is 10.6. The Kier molecular flexibility index (Phi) is 2.72. The Morgan fingerprint density at radius 3 is 2.68 bits per heavy atom. The number of hydrogen-bond acceptors (Lipinski definition) is 4. The van der Waals surface area contributed by atoms with Gasteiger partial charge in [0.15, 0.2) is 0 Å². The molecule has 2 N–H and O–H groups in total. The average Bonchev–Trinajstić information content (AvgIpc) is 2.92. The Morgan fingerprint density at radius 2 is 1.89 bits per heavy atom. The van der Waals surface area contributed by atoms with Crippen molar-refractivity contribution in [3.8, 4) is 16.9 Å². The van der Waals surface area contributed by atoms with Crippen LogP contribution in [0.5, 0.6) is 0 Å². The zero-order valence-corrected chi connectivity index (χ0v) is 10.5. The number of hydrogen-bond donors (Lipinski definition) is 1. The van der Waals surface area contributed by atoms with Crippen molar-refractivity contribution >= 4 is 5.69 Å². The van der Waals surface area contributed by atoms with Gasteiger partial charge in [0, 0.05) is 23.6 Å². The molecule has 0 aliphatic heterocycles. The van der Waals surface area contributed by atoms with Crippen LogP contribution in [0.15, 0.2) is 48.9 Å². The van der Waals surface area contributed by atoms with Crippen molar-refractivity contribution in [1.82, 2.24) is 20.0 Å². The molecule has 0 saturated carbocycles. The predicted molar refractivity (Wildman–Crippen MR) is 73.7 cm³/mol. The molecule has 2 heterocycles. The molecule has 1 aromatic carbocycles. The molecule has 5 heteroatoms. The summed E-state index contributed by atoms with van der Waals surface area (Å²) in [6, 6.07) is 9.54. The fraction of sp³-hybridized carbons (Fsp3) is 0.0714. The van der Waals surface area contributed by atoms with Crippen molar-refractivity contribution in [2.75, 3.05) is 5.73 Å². The lowest BCUT2D eigenvalue weighted by molar-refractivity contribution is 0.799. The van der Waals surface area contributed by atoms with Gasteiger partial charge in [-0.05, 0) is 36.8 Å². The molecule has 0 spiro atoms. The highest BCUT2D eigenvalue weighted by Crippen LogP contribution is 2.20. The van der Waals surface area contributed by atoms with Gasteiger partial charge in [-0.2, -0.15) is 0 Å². The highest BCUT2D eigenvalue weighted by molar-refractivity contribution is 5.58. The van der Waals surface area contributed by atoms with E-state index in [1.807, 2.05) is 43.5 Å². The molecule has 2 aromatic heterocycles. The molecule has 19 heavy (non-hydrogen) atoms. The Bertz CT molecular complexity index is 703. The first-order valence-electron chi connectivity index (χ1n) is 5.93. The fourth-order valence-electron chi connectivity index (χ4n) is 1.91. The minimum absolute atomic E-state index is 0.710. The van der Waals surface area contributed by atoms with Crippen LogP contribution in [0.1, 0.15) is 5.56 Å². The van der Waals surface area contributed by atoms with E-state index in [1.165, 1.54) is 0 Å². The topological polar surface area (TPSA) is 69.6 Å². The molecule has 0 unspecified atom stereocenters. The smallest absolute Gasteiger partial charge is 0.113 e. The zero-order chi connectivity index (χ0) is 13.2. The second-order valence-electron chi connectivity index (χ2n) is 4.33. The quantitative estimate of drug-likeness (QED) is 0.709. The van der Waals surface area contributed by atoms with Crippen molar-refractivity contribution in [2.45, 2.75) is 6.92 Å². The molecule has 0 radical (unpaired) electrons. The summed E-state index contributed by atoms with van der Waals surface area (Å²) in [6.45, 7) is 2.02. The molecule has 0 aliphatic rings. The summed E-state index contributed by atoms with van der Waals surface area (Å²) in [4.78, 5) is 3.99. The number of benzene rings is 1. The summed E-state index contributed by atoms with van der Waals surface area (Å²) in [5.74, 6) is 0. The van der Waals surface area contributed by atoms with Gasteiger partial charge in [0.05, 0.1) is 11.9 Å². The van der Waals surface area contributed by atoms with Crippen molar-refractivity contribution in [1.29, 1.82) is 0 Å². The van der Waals surface area contributed by atoms with Gasteiger partial charge in [-0.25, -0.2) is 4.68 Å². The third-order valence-corrected chi connectivity index (χ3v) is 2.95. The van der Waals surface area contributed by atoms with E-state index in [4.69, 9.17) is 5.73 Å². The van der Waals surface area contributed by atoms with Crippen LogP contribution >= 0.6 is 0 Å². The molecule has 0 aliphatic carbocycles. The Labute approximate surface area is 110 Å². The van der Waals surface area contributed by atoms with Crippen LogP contribution in [0.3, 0.4) is 0 Å². The molecule has 0 atom stereocenters. The SMILES string of the molecule is Cc1ccc(N)cc1-n1cc(-c2ccncc2)nn1. The van der Waals surface area contributed by atoms with Crippen LogP contribution < -0.4 is 5.73 Å². The molecule has 0 fully saturated rings. The lowest BCUT2D eigenvalue weighted by Gasteiger charge is -2.05. The third-order valence-electron chi connectivity index (χ3n) is 2.95. The maximum atomic E-state index is 5.81. The van der Waals surface area contributed by atoms with Crippen LogP contribution in [0.4, 0.5) is 5.69 Å². The summed E-state index contributed by atoms with van der Waals surface area (Å²) in [6.07, 6.45) is 5.36. The second-order valence-corrected chi connectivity index (χ2v) is 4.33. The number of nitrogens with two attached hydrogens (primary N) is 1. The van der Waals surface area contributed by atoms with Crippen molar-refractivity contribution in [3.63, 3.8) is 0 Å². The van der Waals surface area contributed by atoms with Gasteiger partial charge in [-0.15, -0.1) is 5.10 Å². The fourth-order valence-corrected chi connectivity index (χ4v) is 1.91. The van der Waals surface area contributed by atoms with Crippen molar-refractivity contribution in [2.24, 2.45) is 0 Å². The summed E-state index contributed by atoms with van der Waals surface area (Å²) < 4.78 is 1.74. The number of anilines is 1. The molecule has 3 rings (SSSR count). The monoisotopic (exact) mass is 251 g/mol. The van der Waals surface area contributed by atoms with Crippen LogP contribution in [-0.2, 0) is 0 Å². The van der Waals surface area contributed by atoms with Crippen LogP contribution in [0.2, 0.25) is 0 Å². The summed E-state index contributed by atoms with van der Waals surface area (Å²) >= 11 is 0. The predicted octanol–water partition coefficient (Wildman–Crippen LogP) is 2.22. The zero-order valence-electron chi connectivity index (χ0n) is 10.5. The van der Waals surface area contributed by atoms with Gasteiger partial charge in [-0.1, -0.05) is 11.3 Å². The molecular formula is C14H13N5. The Hall–Kier alpha value is -2.69. The maximum absolute atomic E-state index is 5.81. The minimum Gasteiger partial charge on any atom is -0.399 e. The van der Waals surface area contributed by atoms with E-state index in [0.717, 1.165) is 22.5 Å². The minimum atomic E-state index is 0.710. The van der Waals surface area contributed by atoms with Gasteiger partial charge < -0.3 is 5.73 Å². The average molecular weight is 251 g/mol. The van der Waals surface area contributed by atoms with Crippen LogP contribution in [0, 0.1) is 6.92 Å². The number of aromatic nitrogens is 4. The largest absolute Gasteiger partial charge is 0.399 e. The van der Waals surface area contributed by atoms with Crippen LogP contribution in [0.25, 0.3) is 16.9 Å². The first kappa shape index (κ1) is 11.4. The standard InChI is InChI=1S/C14H13N5/c1-10-2-3-12(15)8-14(10)19-9-13(17-18-19)11-4-6-16-7-5-11/h2-9H,15H2,1H3. The van der Waals surface area contributed by atoms with Gasteiger partial charge in [0.2, 0.25) is 0 Å². The number of nitrogen functional groups attached to an aromatic ring is 1. The second kappa shape index (κ2) is 4.53. The van der Waals surface area contributed by atoms with Gasteiger partial charge in [0.1, 0.15) is 5.69 Å². The Balaban J connectivity index is 2.04. The molecule has 5 nitrogen and oxygen atoms in total. The van der Waals surface area contributed by atoms with E-state index in [1.54, 1.807) is 17.1 Å². The van der Waals surface area contributed by atoms with Gasteiger partial charge >= 0.3 is 0 Å². The van der Waals surface area contributed by atoms with E-state index in [9.17, 15) is 0 Å². The number of nitrogens with zero attached hydrogens (tertiary/aromatic N) is 4. The van der Waals surface area contributed by atoms with E-state index in [2.05, 4.69) is 15.3 Å². The van der Waals surface area contributed by atoms with E-state index in [0.29, 0.717) is 5.69 Å². The molecule has 0 bridgehead atoms. The first-order chi connectivity index (χ1) is 9.24. The molecule has 94 valence electrons. The lowest BCUT2D eigenvalue weighted by atomic mass is 10.2. The molecule has 0 amide bonds. The summed E-state index contributed by atoms with van der Waals surface area (Å²) in [5.41, 5.74) is 10.4. The van der Waals surface area contributed by atoms with Gasteiger partial charge in [0.25, 0.3) is 0 Å². The third kappa shape index (κ3) is 2.18. The molecular weight excluding hydrogens is 238 g/mol. The summed E-state index contributed by atoms with van der Waals surface area (Å²) in [7, 11) is 0. The number of rotatable bonds is 2. The van der Waals surface area contributed by atoms with Gasteiger partial charge in [-0.3, -0.25) is 4.98 Å². The first-order valence-corrected chi connectivity index (χ1v) is 5.93. The maximum Gasteiger partial charge on any atom is 0.113 e.